The molecule has 0 aliphatic carbocycles. The third kappa shape index (κ3) is 4.49. The fraction of sp³-hybridized carbons (Fsp3) is 0.353. The van der Waals surface area contributed by atoms with Crippen LogP contribution in [0.2, 0.25) is 0 Å². The average Bonchev–Trinajstić information content (AvgIpc) is 3.20. The van der Waals surface area contributed by atoms with E-state index < -0.39 is 18.0 Å². The van der Waals surface area contributed by atoms with Crippen molar-refractivity contribution in [3.63, 3.8) is 0 Å². The lowest BCUT2D eigenvalue weighted by Crippen LogP contribution is -2.36. The summed E-state index contributed by atoms with van der Waals surface area (Å²) in [5, 5.41) is 11.7. The smallest absolute Gasteiger partial charge is 0.432 e. The second kappa shape index (κ2) is 7.19. The van der Waals surface area contributed by atoms with E-state index in [1.807, 2.05) is 6.92 Å². The van der Waals surface area contributed by atoms with Gasteiger partial charge in [0.05, 0.1) is 6.20 Å². The number of nitrogens with one attached hydrogen (secondary N) is 1. The topological polar surface area (TPSA) is 91.4 Å². The molecule has 2 aromatic rings. The molecule has 1 aromatic carbocycles. The highest BCUT2D eigenvalue weighted by atomic mass is 19.4. The lowest BCUT2D eigenvalue weighted by Gasteiger charge is -2.11. The number of rotatable bonds is 4. The Kier molecular flexibility index (Phi) is 4.94. The van der Waals surface area contributed by atoms with Crippen LogP contribution in [0.1, 0.15) is 24.0 Å². The van der Waals surface area contributed by atoms with Gasteiger partial charge in [0.15, 0.2) is 12.0 Å². The maximum atomic E-state index is 12.3. The van der Waals surface area contributed by atoms with Crippen LogP contribution in [0.4, 0.5) is 13.2 Å². The molecule has 1 fully saturated rings. The Balaban J connectivity index is 1.69. The number of carbonyl (C=O) groups is 1. The van der Waals surface area contributed by atoms with E-state index in [0.717, 1.165) is 12.1 Å². The van der Waals surface area contributed by atoms with Gasteiger partial charge in [-0.05, 0) is 25.5 Å². The highest BCUT2D eigenvalue weighted by Crippen LogP contribution is 2.28. The maximum Gasteiger partial charge on any atom is 0.573 e. The molecule has 10 heteroatoms. The van der Waals surface area contributed by atoms with Gasteiger partial charge in [-0.15, -0.1) is 13.2 Å². The minimum absolute atomic E-state index is 0.0248. The second-order valence-electron chi connectivity index (χ2n) is 6.11. The molecule has 2 atom stereocenters. The molecule has 27 heavy (non-hydrogen) atoms. The third-order valence-corrected chi connectivity index (χ3v) is 4.09. The van der Waals surface area contributed by atoms with Crippen LogP contribution in [0.5, 0.6) is 5.75 Å². The summed E-state index contributed by atoms with van der Waals surface area (Å²) in [5.74, 6) is -1.04. The first-order valence-electron chi connectivity index (χ1n) is 8.04. The zero-order valence-corrected chi connectivity index (χ0v) is 14.2. The van der Waals surface area contributed by atoms with Crippen molar-refractivity contribution < 1.29 is 27.1 Å². The van der Waals surface area contributed by atoms with Crippen LogP contribution in [0.15, 0.2) is 34.9 Å². The Morgan fingerprint density at radius 3 is 2.93 bits per heavy atom. The number of carbonyl (C=O) groups excluding carboxylic acids is 1. The Morgan fingerprint density at radius 2 is 2.26 bits per heavy atom. The molecule has 1 aliphatic heterocycles. The van der Waals surface area contributed by atoms with Gasteiger partial charge < -0.3 is 19.4 Å². The monoisotopic (exact) mass is 380 g/mol. The largest absolute Gasteiger partial charge is 0.573 e. The fourth-order valence-corrected chi connectivity index (χ4v) is 2.88. The molecule has 1 saturated heterocycles. The van der Waals surface area contributed by atoms with Gasteiger partial charge in [0.25, 0.3) is 5.89 Å². The molecule has 1 N–H and O–H groups in total. The molecule has 1 aliphatic rings. The Bertz CT molecular complexity index is 875. The molecule has 1 aromatic heterocycles. The summed E-state index contributed by atoms with van der Waals surface area (Å²) in [6.07, 6.45) is -0.885. The Labute approximate surface area is 152 Å². The average molecular weight is 380 g/mol. The highest BCUT2D eigenvalue weighted by molar-refractivity contribution is 5.90. The fourth-order valence-electron chi connectivity index (χ4n) is 2.88. The molecule has 3 rings (SSSR count). The number of hydrogen-bond donors (Lipinski definition) is 1. The van der Waals surface area contributed by atoms with Crippen LogP contribution in [0.3, 0.4) is 0 Å². The van der Waals surface area contributed by atoms with Crippen LogP contribution >= 0.6 is 0 Å². The molecular formula is C17H15F3N4O3. The van der Waals surface area contributed by atoms with E-state index in [9.17, 15) is 18.0 Å². The number of nitriles is 1. The van der Waals surface area contributed by atoms with E-state index in [1.54, 1.807) is 4.90 Å². The van der Waals surface area contributed by atoms with Crippen molar-refractivity contribution in [3.8, 4) is 23.3 Å². The molecule has 0 bridgehead atoms. The predicted octanol–water partition coefficient (Wildman–Crippen LogP) is 2.91. The first-order valence-corrected chi connectivity index (χ1v) is 8.04. The molecule has 0 spiro atoms. The van der Waals surface area contributed by atoms with Gasteiger partial charge >= 0.3 is 12.3 Å². The van der Waals surface area contributed by atoms with Crippen LogP contribution in [-0.4, -0.2) is 40.8 Å². The molecule has 7 nitrogen and oxygen atoms in total. The molecule has 0 saturated carbocycles. The number of oxazole rings is 1. The van der Waals surface area contributed by atoms with E-state index >= 15 is 0 Å². The summed E-state index contributed by atoms with van der Waals surface area (Å²) in [7, 11) is 0. The number of likely N-dealkylation sites (tertiary alicyclic amines) is 1. The van der Waals surface area contributed by atoms with Crippen molar-refractivity contribution in [1.82, 2.24) is 15.2 Å². The lowest BCUT2D eigenvalue weighted by molar-refractivity contribution is -0.274. The zero-order chi connectivity index (χ0) is 19.6. The van der Waals surface area contributed by atoms with E-state index in [-0.39, 0.29) is 29.3 Å². The summed E-state index contributed by atoms with van der Waals surface area (Å²) >= 11 is 0. The third-order valence-electron chi connectivity index (χ3n) is 4.09. The van der Waals surface area contributed by atoms with E-state index in [1.165, 1.54) is 18.3 Å². The minimum atomic E-state index is -4.80. The summed E-state index contributed by atoms with van der Waals surface area (Å²) < 4.78 is 46.2. The molecule has 2 heterocycles. The van der Waals surface area contributed by atoms with Crippen molar-refractivity contribution in [1.29, 1.82) is 5.26 Å². The lowest BCUT2D eigenvalue weighted by atomic mass is 10.2. The van der Waals surface area contributed by atoms with Gasteiger partial charge in [0.2, 0.25) is 0 Å². The van der Waals surface area contributed by atoms with E-state index in [4.69, 9.17) is 9.68 Å². The minimum Gasteiger partial charge on any atom is -0.432 e. The molecule has 2 unspecified atom stereocenters. The number of benzene rings is 1. The Morgan fingerprint density at radius 1 is 1.48 bits per heavy atom. The van der Waals surface area contributed by atoms with Gasteiger partial charge in [-0.1, -0.05) is 12.1 Å². The number of halogens is 3. The summed E-state index contributed by atoms with van der Waals surface area (Å²) in [6, 6.07) is 4.98. The quantitative estimate of drug-likeness (QED) is 0.820. The number of hydrogen-bond acceptors (Lipinski definition) is 6. The van der Waals surface area contributed by atoms with Crippen LogP contribution < -0.4 is 10.1 Å². The first-order chi connectivity index (χ1) is 12.7. The van der Waals surface area contributed by atoms with Crippen molar-refractivity contribution >= 4 is 5.91 Å². The number of ether oxygens (including phenoxy) is 1. The molecule has 1 amide bonds. The predicted molar refractivity (Wildman–Crippen MR) is 86.3 cm³/mol. The van der Waals surface area contributed by atoms with Crippen LogP contribution in [-0.2, 0) is 0 Å². The van der Waals surface area contributed by atoms with Crippen molar-refractivity contribution in [2.75, 3.05) is 6.54 Å². The molecule has 142 valence electrons. The van der Waals surface area contributed by atoms with Crippen LogP contribution in [0.25, 0.3) is 11.3 Å². The second-order valence-corrected chi connectivity index (χ2v) is 6.11. The number of alkyl halides is 3. The van der Waals surface area contributed by atoms with Gasteiger partial charge in [-0.25, -0.2) is 4.98 Å². The maximum absolute atomic E-state index is 12.3. The highest BCUT2D eigenvalue weighted by Gasteiger charge is 2.32. The van der Waals surface area contributed by atoms with Crippen molar-refractivity contribution in [3.05, 3.63) is 36.4 Å². The van der Waals surface area contributed by atoms with E-state index in [2.05, 4.69) is 21.2 Å². The summed E-state index contributed by atoms with van der Waals surface area (Å²) in [4.78, 5) is 17.7. The van der Waals surface area contributed by atoms with Gasteiger partial charge in [0.1, 0.15) is 5.75 Å². The molecular weight excluding hydrogens is 365 g/mol. The van der Waals surface area contributed by atoms with Gasteiger partial charge in [-0.2, -0.15) is 5.26 Å². The van der Waals surface area contributed by atoms with Gasteiger partial charge in [-0.3, -0.25) is 4.79 Å². The normalized spacial score (nSPS) is 19.6. The standard InChI is InChI=1S/C17H15F3N4O3/c1-10-5-12(8-24(10)9-21)23-15(25)16-22-7-14(26-16)11-3-2-4-13(6-11)27-17(18,19)20/h2-4,6-7,10,12H,5,8H2,1H3,(H,23,25). The first kappa shape index (κ1) is 18.6. The molecule has 0 radical (unpaired) electrons. The number of nitrogens with zero attached hydrogens (tertiary/aromatic N) is 3. The Hall–Kier alpha value is -3.22. The summed E-state index contributed by atoms with van der Waals surface area (Å²) in [5.41, 5.74) is 0.286. The SMILES string of the molecule is CC1CC(NC(=O)c2ncc(-c3cccc(OC(F)(F)F)c3)o2)CN1C#N. The zero-order valence-electron chi connectivity index (χ0n) is 14.2. The van der Waals surface area contributed by atoms with Gasteiger partial charge in [0, 0.05) is 24.2 Å². The summed E-state index contributed by atoms with van der Waals surface area (Å²) in [6.45, 7) is 2.28. The number of aromatic nitrogens is 1. The van der Waals surface area contributed by atoms with Crippen molar-refractivity contribution in [2.45, 2.75) is 31.8 Å². The van der Waals surface area contributed by atoms with Crippen LogP contribution in [0, 0.1) is 11.5 Å². The van der Waals surface area contributed by atoms with E-state index in [0.29, 0.717) is 13.0 Å². The van der Waals surface area contributed by atoms with Crippen molar-refractivity contribution in [2.24, 2.45) is 0 Å². The number of amides is 1.